The molecule has 2 aromatic rings. The zero-order valence-electron chi connectivity index (χ0n) is 13.4. The fraction of sp³-hybridized carbons (Fsp3) is 0.412. The van der Waals surface area contributed by atoms with E-state index in [-0.39, 0.29) is 11.9 Å². The number of carbonyl (C=O) groups is 1. The molecule has 1 amide bonds. The van der Waals surface area contributed by atoms with Crippen LogP contribution >= 0.6 is 0 Å². The number of nitrogens with zero attached hydrogens (tertiary/aromatic N) is 3. The van der Waals surface area contributed by atoms with Crippen molar-refractivity contribution in [3.8, 4) is 0 Å². The van der Waals surface area contributed by atoms with Crippen LogP contribution in [0.25, 0.3) is 0 Å². The summed E-state index contributed by atoms with van der Waals surface area (Å²) in [7, 11) is 1.87. The number of carbonyl (C=O) groups excluding carboxylic acids is 1. The molecule has 1 heterocycles. The maximum Gasteiger partial charge on any atom is 0.258 e. The first-order valence-corrected chi connectivity index (χ1v) is 7.27. The van der Waals surface area contributed by atoms with Crippen LogP contribution < -0.4 is 0 Å². The molecule has 0 aliphatic rings. The Bertz CT molecular complexity index is 629. The minimum absolute atomic E-state index is 0.0527. The summed E-state index contributed by atoms with van der Waals surface area (Å²) in [4.78, 5) is 14.8. The number of hydrogen-bond donors (Lipinski definition) is 0. The van der Waals surface area contributed by atoms with Crippen LogP contribution in [-0.2, 0) is 13.6 Å². The van der Waals surface area contributed by atoms with Crippen molar-refractivity contribution >= 4 is 5.91 Å². The molecule has 4 heteroatoms. The molecule has 0 aliphatic carbocycles. The average molecular weight is 285 g/mol. The van der Waals surface area contributed by atoms with Gasteiger partial charge in [0.05, 0.1) is 11.3 Å². The molecule has 0 atom stereocenters. The number of aryl methyl sites for hydroxylation is 2. The van der Waals surface area contributed by atoms with Gasteiger partial charge in [0.15, 0.2) is 0 Å². The highest BCUT2D eigenvalue weighted by atomic mass is 16.2. The maximum absolute atomic E-state index is 12.9. The van der Waals surface area contributed by atoms with Crippen molar-refractivity contribution in [3.63, 3.8) is 0 Å². The lowest BCUT2D eigenvalue weighted by Gasteiger charge is -2.27. The predicted octanol–water partition coefficient (Wildman–Crippen LogP) is 3.09. The van der Waals surface area contributed by atoms with Gasteiger partial charge in [0.2, 0.25) is 0 Å². The third kappa shape index (κ3) is 3.15. The summed E-state index contributed by atoms with van der Waals surface area (Å²) < 4.78 is 1.77. The molecular weight excluding hydrogens is 262 g/mol. The van der Waals surface area contributed by atoms with Gasteiger partial charge in [-0.25, -0.2) is 0 Å². The van der Waals surface area contributed by atoms with Crippen LogP contribution in [0.3, 0.4) is 0 Å². The normalized spacial score (nSPS) is 11.0. The van der Waals surface area contributed by atoms with E-state index in [0.717, 1.165) is 22.5 Å². The number of hydrogen-bond acceptors (Lipinski definition) is 2. The number of amides is 1. The van der Waals surface area contributed by atoms with E-state index in [1.165, 1.54) is 0 Å². The first-order valence-electron chi connectivity index (χ1n) is 7.27. The highest BCUT2D eigenvalue weighted by molar-refractivity contribution is 5.96. The summed E-state index contributed by atoms with van der Waals surface area (Å²) in [5.74, 6) is 0.0527. The molecule has 112 valence electrons. The first-order chi connectivity index (χ1) is 9.91. The number of rotatable bonds is 4. The predicted molar refractivity (Wildman–Crippen MR) is 84.1 cm³/mol. The Balaban J connectivity index is 2.32. The van der Waals surface area contributed by atoms with Gasteiger partial charge in [0.1, 0.15) is 0 Å². The van der Waals surface area contributed by atoms with E-state index in [1.807, 2.05) is 70.0 Å². The molecule has 0 fully saturated rings. The SMILES string of the molecule is Cc1nn(C)c(C)c1C(=O)N(Cc1ccccc1)C(C)C. The fourth-order valence-electron chi connectivity index (χ4n) is 2.50. The summed E-state index contributed by atoms with van der Waals surface area (Å²) in [5, 5.41) is 4.35. The van der Waals surface area contributed by atoms with E-state index >= 15 is 0 Å². The van der Waals surface area contributed by atoms with E-state index < -0.39 is 0 Å². The Morgan fingerprint density at radius 2 is 1.86 bits per heavy atom. The highest BCUT2D eigenvalue weighted by Gasteiger charge is 2.24. The minimum atomic E-state index is 0.0527. The van der Waals surface area contributed by atoms with Crippen molar-refractivity contribution in [3.05, 3.63) is 52.8 Å². The molecule has 1 aromatic heterocycles. The Morgan fingerprint density at radius 1 is 1.24 bits per heavy atom. The van der Waals surface area contributed by atoms with E-state index in [4.69, 9.17) is 0 Å². The molecule has 0 aliphatic heterocycles. The Kier molecular flexibility index (Phi) is 4.46. The van der Waals surface area contributed by atoms with Crippen LogP contribution in [0.4, 0.5) is 0 Å². The lowest BCUT2D eigenvalue weighted by atomic mass is 10.1. The zero-order chi connectivity index (χ0) is 15.6. The lowest BCUT2D eigenvalue weighted by Crippen LogP contribution is -2.37. The van der Waals surface area contributed by atoms with Gasteiger partial charge in [-0.1, -0.05) is 30.3 Å². The van der Waals surface area contributed by atoms with E-state index in [1.54, 1.807) is 4.68 Å². The molecule has 0 radical (unpaired) electrons. The first kappa shape index (κ1) is 15.3. The van der Waals surface area contributed by atoms with Gasteiger partial charge in [-0.15, -0.1) is 0 Å². The van der Waals surface area contributed by atoms with Crippen LogP contribution in [0.15, 0.2) is 30.3 Å². The Morgan fingerprint density at radius 3 is 2.33 bits per heavy atom. The quantitative estimate of drug-likeness (QED) is 0.866. The molecule has 0 saturated heterocycles. The summed E-state index contributed by atoms with van der Waals surface area (Å²) >= 11 is 0. The molecular formula is C17H23N3O. The summed E-state index contributed by atoms with van der Waals surface area (Å²) in [5.41, 5.74) is 3.57. The third-order valence-corrected chi connectivity index (χ3v) is 3.80. The van der Waals surface area contributed by atoms with Gasteiger partial charge in [-0.2, -0.15) is 5.10 Å². The molecule has 2 rings (SSSR count). The second-order valence-corrected chi connectivity index (χ2v) is 5.68. The van der Waals surface area contributed by atoms with Crippen molar-refractivity contribution in [1.82, 2.24) is 14.7 Å². The second kappa shape index (κ2) is 6.12. The molecule has 0 saturated carbocycles. The topological polar surface area (TPSA) is 38.1 Å². The van der Waals surface area contributed by atoms with Crippen molar-refractivity contribution in [2.24, 2.45) is 7.05 Å². The van der Waals surface area contributed by atoms with E-state index in [9.17, 15) is 4.79 Å². The molecule has 0 bridgehead atoms. The van der Waals surface area contributed by atoms with Gasteiger partial charge in [0.25, 0.3) is 5.91 Å². The van der Waals surface area contributed by atoms with Gasteiger partial charge in [-0.3, -0.25) is 9.48 Å². The number of benzene rings is 1. The summed E-state index contributed by atoms with van der Waals surface area (Å²) in [6, 6.07) is 10.2. The van der Waals surface area contributed by atoms with Crippen molar-refractivity contribution < 1.29 is 4.79 Å². The second-order valence-electron chi connectivity index (χ2n) is 5.68. The Hall–Kier alpha value is -2.10. The van der Waals surface area contributed by atoms with Gasteiger partial charge < -0.3 is 4.90 Å². The Labute approximate surface area is 126 Å². The standard InChI is InChI=1S/C17H23N3O/c1-12(2)20(11-15-9-7-6-8-10-15)17(21)16-13(3)18-19(5)14(16)4/h6-10,12H,11H2,1-5H3. The third-order valence-electron chi connectivity index (χ3n) is 3.80. The van der Waals surface area contributed by atoms with Crippen LogP contribution in [0.1, 0.15) is 41.2 Å². The van der Waals surface area contributed by atoms with Gasteiger partial charge >= 0.3 is 0 Å². The van der Waals surface area contributed by atoms with Crippen LogP contribution in [-0.4, -0.2) is 26.6 Å². The molecule has 1 aromatic carbocycles. The van der Waals surface area contributed by atoms with Crippen LogP contribution in [0.2, 0.25) is 0 Å². The molecule has 21 heavy (non-hydrogen) atoms. The summed E-state index contributed by atoms with van der Waals surface area (Å²) in [6.07, 6.45) is 0. The van der Waals surface area contributed by atoms with Crippen LogP contribution in [0, 0.1) is 13.8 Å². The van der Waals surface area contributed by atoms with Gasteiger partial charge in [0, 0.05) is 25.3 Å². The van der Waals surface area contributed by atoms with Crippen molar-refractivity contribution in [2.75, 3.05) is 0 Å². The average Bonchev–Trinajstić information content (AvgIpc) is 2.70. The minimum Gasteiger partial charge on any atom is -0.332 e. The summed E-state index contributed by atoms with van der Waals surface area (Å²) in [6.45, 7) is 8.53. The molecule has 4 nitrogen and oxygen atoms in total. The van der Waals surface area contributed by atoms with E-state index in [2.05, 4.69) is 5.10 Å². The monoisotopic (exact) mass is 285 g/mol. The van der Waals surface area contributed by atoms with Crippen molar-refractivity contribution in [1.29, 1.82) is 0 Å². The molecule has 0 spiro atoms. The fourth-order valence-corrected chi connectivity index (χ4v) is 2.50. The maximum atomic E-state index is 12.9. The van der Waals surface area contributed by atoms with E-state index in [0.29, 0.717) is 6.54 Å². The largest absolute Gasteiger partial charge is 0.332 e. The van der Waals surface area contributed by atoms with Gasteiger partial charge in [-0.05, 0) is 33.3 Å². The van der Waals surface area contributed by atoms with Crippen LogP contribution in [0.5, 0.6) is 0 Å². The molecule has 0 N–H and O–H groups in total. The zero-order valence-corrected chi connectivity index (χ0v) is 13.4. The smallest absolute Gasteiger partial charge is 0.258 e. The molecule has 0 unspecified atom stereocenters. The van der Waals surface area contributed by atoms with Crippen molar-refractivity contribution in [2.45, 2.75) is 40.3 Å². The lowest BCUT2D eigenvalue weighted by molar-refractivity contribution is 0.0688. The number of aromatic nitrogens is 2. The highest BCUT2D eigenvalue weighted by Crippen LogP contribution is 2.18.